The Morgan fingerprint density at radius 3 is 3.21 bits per heavy atom. The third-order valence-electron chi connectivity index (χ3n) is 4.16. The zero-order valence-corrected chi connectivity index (χ0v) is 13.3. The molecule has 122 valence electrons. The Morgan fingerprint density at radius 1 is 1.50 bits per heavy atom. The van der Waals surface area contributed by atoms with Gasteiger partial charge in [-0.3, -0.25) is 4.40 Å². The van der Waals surface area contributed by atoms with Crippen LogP contribution in [-0.4, -0.2) is 40.8 Å². The van der Waals surface area contributed by atoms with Gasteiger partial charge in [0, 0.05) is 37.4 Å². The number of aromatic nitrogens is 4. The molecule has 0 saturated carbocycles. The minimum Gasteiger partial charge on any atom is -0.464 e. The van der Waals surface area contributed by atoms with E-state index in [4.69, 9.17) is 9.47 Å². The number of rotatable bonds is 4. The first kappa shape index (κ1) is 14.9. The van der Waals surface area contributed by atoms with Gasteiger partial charge in [-0.1, -0.05) is 0 Å². The maximum atomic E-state index is 14.3. The third kappa shape index (κ3) is 2.37. The molecule has 1 N–H and O–H groups in total. The van der Waals surface area contributed by atoms with Gasteiger partial charge in [0.2, 0.25) is 12.2 Å². The summed E-state index contributed by atoms with van der Waals surface area (Å²) in [5.41, 5.74) is 3.01. The maximum absolute atomic E-state index is 14.3. The van der Waals surface area contributed by atoms with Crippen LogP contribution < -0.4 is 15.5 Å². The van der Waals surface area contributed by atoms with E-state index >= 15 is 0 Å². The van der Waals surface area contributed by atoms with Crippen molar-refractivity contribution >= 4 is 24.9 Å². The zero-order chi connectivity index (χ0) is 16.7. The molecular weight excluding hydrogens is 312 g/mol. The molecule has 7 nitrogen and oxygen atoms in total. The van der Waals surface area contributed by atoms with E-state index in [9.17, 15) is 4.39 Å². The molecule has 24 heavy (non-hydrogen) atoms. The van der Waals surface area contributed by atoms with Gasteiger partial charge in [-0.2, -0.15) is 0 Å². The summed E-state index contributed by atoms with van der Waals surface area (Å²) < 4.78 is 26.9. The molecule has 0 bridgehead atoms. The van der Waals surface area contributed by atoms with Gasteiger partial charge < -0.3 is 14.8 Å². The second kappa shape index (κ2) is 5.75. The SMILES string of the molecule is Bc1cnc(NCc2c(F)ccc3c2CC(OC)O3)n2cnnc12. The van der Waals surface area contributed by atoms with Crippen LogP contribution in [0.25, 0.3) is 5.65 Å². The predicted octanol–water partition coefficient (Wildman–Crippen LogP) is 0.0413. The first-order valence-corrected chi connectivity index (χ1v) is 7.56. The van der Waals surface area contributed by atoms with E-state index in [-0.39, 0.29) is 18.7 Å². The standard InChI is InChI=1S/C15H15BFN5O2/c1-23-13-4-8-9(11(17)2-3-12(8)24-13)5-18-15-19-6-10(16)14-21-20-7-22(14)15/h2-3,6-7,13H,4-5,16H2,1H3,(H,18,19). The largest absolute Gasteiger partial charge is 0.464 e. The Bertz CT molecular complexity index is 916. The zero-order valence-electron chi connectivity index (χ0n) is 13.3. The second-order valence-electron chi connectivity index (χ2n) is 5.63. The lowest BCUT2D eigenvalue weighted by Gasteiger charge is -2.11. The monoisotopic (exact) mass is 327 g/mol. The van der Waals surface area contributed by atoms with Crippen molar-refractivity contribution in [2.45, 2.75) is 19.3 Å². The van der Waals surface area contributed by atoms with Crippen molar-refractivity contribution in [1.29, 1.82) is 0 Å². The number of hydrogen-bond donors (Lipinski definition) is 1. The van der Waals surface area contributed by atoms with Crippen molar-refractivity contribution in [1.82, 2.24) is 19.6 Å². The average Bonchev–Trinajstić information content (AvgIpc) is 3.22. The van der Waals surface area contributed by atoms with E-state index in [1.165, 1.54) is 6.07 Å². The van der Waals surface area contributed by atoms with Gasteiger partial charge in [-0.05, 0) is 17.6 Å². The molecule has 3 heterocycles. The molecule has 4 rings (SSSR count). The fraction of sp³-hybridized carbons (Fsp3) is 0.267. The highest BCUT2D eigenvalue weighted by molar-refractivity contribution is 6.36. The summed E-state index contributed by atoms with van der Waals surface area (Å²) in [6, 6.07) is 3.04. The van der Waals surface area contributed by atoms with Crippen molar-refractivity contribution < 1.29 is 13.9 Å². The predicted molar refractivity (Wildman–Crippen MR) is 87.8 cm³/mol. The fourth-order valence-corrected chi connectivity index (χ4v) is 2.88. The quantitative estimate of drug-likeness (QED) is 0.682. The first-order chi connectivity index (χ1) is 11.7. The lowest BCUT2D eigenvalue weighted by Crippen LogP contribution is -2.16. The summed E-state index contributed by atoms with van der Waals surface area (Å²) in [6.07, 6.45) is 3.43. The van der Waals surface area contributed by atoms with E-state index in [2.05, 4.69) is 20.5 Å². The molecule has 0 amide bonds. The van der Waals surface area contributed by atoms with Crippen LogP contribution in [0.5, 0.6) is 5.75 Å². The first-order valence-electron chi connectivity index (χ1n) is 7.56. The minimum absolute atomic E-state index is 0.276. The summed E-state index contributed by atoms with van der Waals surface area (Å²) in [6.45, 7) is 0.276. The minimum atomic E-state index is -0.373. The number of methoxy groups -OCH3 is 1. The molecule has 1 unspecified atom stereocenters. The number of nitrogens with one attached hydrogen (secondary N) is 1. The van der Waals surface area contributed by atoms with Crippen LogP contribution in [0.1, 0.15) is 11.1 Å². The van der Waals surface area contributed by atoms with Crippen LogP contribution in [0.15, 0.2) is 24.7 Å². The Kier molecular flexibility index (Phi) is 3.57. The summed E-state index contributed by atoms with van der Waals surface area (Å²) in [4.78, 5) is 4.34. The molecule has 1 atom stereocenters. The molecule has 1 aliphatic heterocycles. The molecule has 9 heteroatoms. The normalized spacial score (nSPS) is 16.2. The molecule has 1 aromatic carbocycles. The number of hydrogen-bond acceptors (Lipinski definition) is 6. The Balaban J connectivity index is 1.64. The van der Waals surface area contributed by atoms with Crippen LogP contribution in [-0.2, 0) is 17.7 Å². The Labute approximate surface area is 138 Å². The lowest BCUT2D eigenvalue weighted by atomic mass is 10.00. The number of nitrogens with zero attached hydrogens (tertiary/aromatic N) is 4. The number of ether oxygens (including phenoxy) is 2. The Morgan fingerprint density at radius 2 is 2.38 bits per heavy atom. The lowest BCUT2D eigenvalue weighted by molar-refractivity contribution is -0.0367. The number of fused-ring (bicyclic) bond motifs is 2. The molecule has 0 spiro atoms. The van der Waals surface area contributed by atoms with Crippen molar-refractivity contribution in [3.63, 3.8) is 0 Å². The molecule has 3 aromatic rings. The second-order valence-corrected chi connectivity index (χ2v) is 5.63. The van der Waals surface area contributed by atoms with Gasteiger partial charge in [0.05, 0.1) is 0 Å². The highest BCUT2D eigenvalue weighted by atomic mass is 19.1. The van der Waals surface area contributed by atoms with Crippen molar-refractivity contribution in [3.05, 3.63) is 41.6 Å². The topological polar surface area (TPSA) is 73.6 Å². The van der Waals surface area contributed by atoms with Gasteiger partial charge >= 0.3 is 0 Å². The van der Waals surface area contributed by atoms with E-state index in [0.29, 0.717) is 29.3 Å². The third-order valence-corrected chi connectivity index (χ3v) is 4.16. The van der Waals surface area contributed by atoms with Gasteiger partial charge in [-0.15, -0.1) is 10.2 Å². The van der Waals surface area contributed by atoms with E-state index in [1.54, 1.807) is 30.1 Å². The average molecular weight is 327 g/mol. The van der Waals surface area contributed by atoms with Gasteiger partial charge in [0.15, 0.2) is 5.65 Å². The van der Waals surface area contributed by atoms with Crippen molar-refractivity contribution in [2.24, 2.45) is 0 Å². The molecule has 0 radical (unpaired) electrons. The molecule has 0 saturated heterocycles. The molecule has 0 fully saturated rings. The van der Waals surface area contributed by atoms with Crippen LogP contribution in [0.4, 0.5) is 10.3 Å². The highest BCUT2D eigenvalue weighted by Crippen LogP contribution is 2.33. The summed E-state index contributed by atoms with van der Waals surface area (Å²) in [7, 11) is 3.48. The van der Waals surface area contributed by atoms with E-state index in [0.717, 1.165) is 11.0 Å². The highest BCUT2D eigenvalue weighted by Gasteiger charge is 2.27. The van der Waals surface area contributed by atoms with Crippen molar-refractivity contribution in [2.75, 3.05) is 12.4 Å². The summed E-state index contributed by atoms with van der Waals surface area (Å²) in [5, 5.41) is 11.1. The Hall–Kier alpha value is -2.68. The van der Waals surface area contributed by atoms with E-state index < -0.39 is 0 Å². The molecule has 0 aliphatic carbocycles. The van der Waals surface area contributed by atoms with Crippen molar-refractivity contribution in [3.8, 4) is 5.75 Å². The van der Waals surface area contributed by atoms with Gasteiger partial charge in [0.1, 0.15) is 25.7 Å². The fourth-order valence-electron chi connectivity index (χ4n) is 2.88. The number of halogens is 1. The van der Waals surface area contributed by atoms with Gasteiger partial charge in [-0.25, -0.2) is 9.37 Å². The van der Waals surface area contributed by atoms with Gasteiger partial charge in [0.25, 0.3) is 0 Å². The molecule has 1 aliphatic rings. The summed E-state index contributed by atoms with van der Waals surface area (Å²) in [5.74, 6) is 0.930. The van der Waals surface area contributed by atoms with Crippen LogP contribution in [0.3, 0.4) is 0 Å². The van der Waals surface area contributed by atoms with Crippen LogP contribution >= 0.6 is 0 Å². The van der Waals surface area contributed by atoms with Crippen LogP contribution in [0, 0.1) is 5.82 Å². The van der Waals surface area contributed by atoms with E-state index in [1.807, 2.05) is 7.85 Å². The van der Waals surface area contributed by atoms with Crippen LogP contribution in [0.2, 0.25) is 0 Å². The smallest absolute Gasteiger partial charge is 0.210 e. The molecular formula is C15H15BFN5O2. The molecule has 2 aromatic heterocycles. The summed E-state index contributed by atoms with van der Waals surface area (Å²) >= 11 is 0. The number of benzene rings is 1. The maximum Gasteiger partial charge on any atom is 0.210 e. The number of anilines is 1.